The Labute approximate surface area is 109 Å². The van der Waals surface area contributed by atoms with Gasteiger partial charge in [-0.25, -0.2) is 0 Å². The van der Waals surface area contributed by atoms with Crippen molar-refractivity contribution in [3.8, 4) is 0 Å². The van der Waals surface area contributed by atoms with Gasteiger partial charge >= 0.3 is 5.97 Å². The number of benzene rings is 1. The molecule has 98 valence electrons. The zero-order valence-electron chi connectivity index (χ0n) is 11.1. The molecule has 1 heterocycles. The fourth-order valence-corrected chi connectivity index (χ4v) is 2.37. The van der Waals surface area contributed by atoms with Gasteiger partial charge in [0, 0.05) is 6.54 Å². The van der Waals surface area contributed by atoms with Gasteiger partial charge in [0.05, 0.1) is 6.10 Å². The Balaban J connectivity index is 1.94. The zero-order chi connectivity index (χ0) is 13.0. The van der Waals surface area contributed by atoms with Gasteiger partial charge in [0.1, 0.15) is 6.04 Å². The zero-order valence-corrected chi connectivity index (χ0v) is 11.1. The molecule has 0 aromatic heterocycles. The molecule has 1 aromatic rings. The molecule has 0 fully saturated rings. The average molecular weight is 247 g/mol. The van der Waals surface area contributed by atoms with Crippen LogP contribution in [0.3, 0.4) is 0 Å². The number of carbonyl (C=O) groups excluding carboxylic acids is 1. The van der Waals surface area contributed by atoms with E-state index in [1.807, 2.05) is 19.1 Å². The Hall–Kier alpha value is -1.35. The minimum atomic E-state index is -0.195. The van der Waals surface area contributed by atoms with Crippen molar-refractivity contribution in [3.05, 3.63) is 35.4 Å². The molecule has 1 aromatic carbocycles. The molecule has 0 bridgehead atoms. The van der Waals surface area contributed by atoms with Gasteiger partial charge in [-0.05, 0) is 30.9 Å². The minimum Gasteiger partial charge on any atom is -0.462 e. The topological polar surface area (TPSA) is 38.3 Å². The van der Waals surface area contributed by atoms with Crippen LogP contribution in [0.1, 0.15) is 37.8 Å². The Morgan fingerprint density at radius 2 is 2.17 bits per heavy atom. The van der Waals surface area contributed by atoms with Crippen LogP contribution >= 0.6 is 0 Å². The van der Waals surface area contributed by atoms with E-state index in [2.05, 4.69) is 24.4 Å². The predicted octanol–water partition coefficient (Wildman–Crippen LogP) is 2.43. The first kappa shape index (κ1) is 13.1. The SMILES string of the molecule is CCCC(C)OC(=O)[C@@H]1Cc2ccccc2CN1. The first-order chi connectivity index (χ1) is 8.70. The number of ether oxygens (including phenoxy) is 1. The molecule has 0 aliphatic carbocycles. The van der Waals surface area contributed by atoms with E-state index in [1.54, 1.807) is 0 Å². The van der Waals surface area contributed by atoms with Crippen LogP contribution in [0, 0.1) is 0 Å². The Bertz CT molecular complexity index is 417. The molecule has 1 aliphatic heterocycles. The molecule has 2 rings (SSSR count). The summed E-state index contributed by atoms with van der Waals surface area (Å²) < 4.78 is 5.44. The molecule has 3 nitrogen and oxygen atoms in total. The van der Waals surface area contributed by atoms with E-state index in [-0.39, 0.29) is 18.1 Å². The quantitative estimate of drug-likeness (QED) is 0.830. The number of rotatable bonds is 4. The van der Waals surface area contributed by atoms with E-state index < -0.39 is 0 Å². The third kappa shape index (κ3) is 3.10. The van der Waals surface area contributed by atoms with Crippen LogP contribution in [0.2, 0.25) is 0 Å². The van der Waals surface area contributed by atoms with Gasteiger partial charge in [-0.15, -0.1) is 0 Å². The van der Waals surface area contributed by atoms with Crippen molar-refractivity contribution >= 4 is 5.97 Å². The number of hydrogen-bond donors (Lipinski definition) is 1. The highest BCUT2D eigenvalue weighted by molar-refractivity contribution is 5.76. The summed E-state index contributed by atoms with van der Waals surface area (Å²) >= 11 is 0. The van der Waals surface area contributed by atoms with Gasteiger partial charge < -0.3 is 10.1 Å². The molecule has 0 saturated carbocycles. The average Bonchev–Trinajstić information content (AvgIpc) is 2.38. The molecular formula is C15H21NO2. The van der Waals surface area contributed by atoms with E-state index in [1.165, 1.54) is 11.1 Å². The van der Waals surface area contributed by atoms with Crippen molar-refractivity contribution in [1.29, 1.82) is 0 Å². The summed E-state index contributed by atoms with van der Waals surface area (Å²) in [7, 11) is 0. The van der Waals surface area contributed by atoms with Gasteiger partial charge in [0.25, 0.3) is 0 Å². The van der Waals surface area contributed by atoms with Crippen molar-refractivity contribution in [3.63, 3.8) is 0 Å². The van der Waals surface area contributed by atoms with Gasteiger partial charge in [-0.1, -0.05) is 37.6 Å². The standard InChI is InChI=1S/C15H21NO2/c1-3-6-11(2)18-15(17)14-9-12-7-4-5-8-13(12)10-16-14/h4-5,7-8,11,14,16H,3,6,9-10H2,1-2H3/t11?,14-/m0/s1. The van der Waals surface area contributed by atoms with Crippen molar-refractivity contribution in [1.82, 2.24) is 5.32 Å². The minimum absolute atomic E-state index is 0.0153. The van der Waals surface area contributed by atoms with Crippen LogP contribution in [0.15, 0.2) is 24.3 Å². The second-order valence-corrected chi connectivity index (χ2v) is 4.94. The molecular weight excluding hydrogens is 226 g/mol. The number of hydrogen-bond acceptors (Lipinski definition) is 3. The number of esters is 1. The maximum absolute atomic E-state index is 12.0. The molecule has 0 saturated heterocycles. The summed E-state index contributed by atoms with van der Waals surface area (Å²) in [6, 6.07) is 8.05. The van der Waals surface area contributed by atoms with E-state index in [9.17, 15) is 4.79 Å². The van der Waals surface area contributed by atoms with Gasteiger partial charge in [-0.3, -0.25) is 4.79 Å². The van der Waals surface area contributed by atoms with E-state index >= 15 is 0 Å². The normalized spacial score (nSPS) is 20.0. The smallest absolute Gasteiger partial charge is 0.323 e. The lowest BCUT2D eigenvalue weighted by Crippen LogP contribution is -2.43. The number of carbonyl (C=O) groups is 1. The highest BCUT2D eigenvalue weighted by Gasteiger charge is 2.26. The lowest BCUT2D eigenvalue weighted by molar-refractivity contribution is -0.151. The monoisotopic (exact) mass is 247 g/mol. The van der Waals surface area contributed by atoms with Crippen LogP contribution in [-0.4, -0.2) is 18.1 Å². The van der Waals surface area contributed by atoms with Crippen molar-refractivity contribution in [2.24, 2.45) is 0 Å². The summed E-state index contributed by atoms with van der Waals surface area (Å²) in [5.41, 5.74) is 2.53. The van der Waals surface area contributed by atoms with Gasteiger partial charge in [-0.2, -0.15) is 0 Å². The van der Waals surface area contributed by atoms with Crippen molar-refractivity contribution in [2.45, 2.75) is 51.8 Å². The predicted molar refractivity (Wildman–Crippen MR) is 71.2 cm³/mol. The number of fused-ring (bicyclic) bond motifs is 1. The van der Waals surface area contributed by atoms with Gasteiger partial charge in [0.15, 0.2) is 0 Å². The van der Waals surface area contributed by atoms with Crippen LogP contribution < -0.4 is 5.32 Å². The molecule has 2 atom stereocenters. The summed E-state index contributed by atoms with van der Waals surface area (Å²) in [6.45, 7) is 4.80. The third-order valence-electron chi connectivity index (χ3n) is 3.38. The molecule has 0 radical (unpaired) electrons. The van der Waals surface area contributed by atoms with Crippen LogP contribution in [-0.2, 0) is 22.5 Å². The second-order valence-electron chi connectivity index (χ2n) is 4.94. The lowest BCUT2D eigenvalue weighted by Gasteiger charge is -2.25. The molecule has 3 heteroatoms. The van der Waals surface area contributed by atoms with Gasteiger partial charge in [0.2, 0.25) is 0 Å². The first-order valence-corrected chi connectivity index (χ1v) is 6.71. The molecule has 1 unspecified atom stereocenters. The molecule has 0 spiro atoms. The first-order valence-electron chi connectivity index (χ1n) is 6.71. The van der Waals surface area contributed by atoms with Crippen molar-refractivity contribution in [2.75, 3.05) is 0 Å². The van der Waals surface area contributed by atoms with E-state index in [4.69, 9.17) is 4.74 Å². The highest BCUT2D eigenvalue weighted by Crippen LogP contribution is 2.17. The Morgan fingerprint density at radius 1 is 1.44 bits per heavy atom. The highest BCUT2D eigenvalue weighted by atomic mass is 16.5. The van der Waals surface area contributed by atoms with E-state index in [0.717, 1.165) is 25.8 Å². The van der Waals surface area contributed by atoms with Crippen molar-refractivity contribution < 1.29 is 9.53 Å². The van der Waals surface area contributed by atoms with Crippen LogP contribution in [0.5, 0.6) is 0 Å². The largest absolute Gasteiger partial charge is 0.462 e. The maximum atomic E-state index is 12.0. The van der Waals surface area contributed by atoms with Crippen LogP contribution in [0.4, 0.5) is 0 Å². The Kier molecular flexibility index (Phi) is 4.37. The summed E-state index contributed by atoms with van der Waals surface area (Å²) in [5, 5.41) is 3.25. The number of nitrogens with one attached hydrogen (secondary N) is 1. The second kappa shape index (κ2) is 6.01. The molecule has 1 aliphatic rings. The molecule has 1 N–H and O–H groups in total. The molecule has 0 amide bonds. The van der Waals surface area contributed by atoms with E-state index in [0.29, 0.717) is 0 Å². The molecule has 18 heavy (non-hydrogen) atoms. The fourth-order valence-electron chi connectivity index (χ4n) is 2.37. The Morgan fingerprint density at radius 3 is 2.89 bits per heavy atom. The summed E-state index contributed by atoms with van der Waals surface area (Å²) in [4.78, 5) is 12.0. The fraction of sp³-hybridized carbons (Fsp3) is 0.533. The summed E-state index contributed by atoms with van der Waals surface area (Å²) in [5.74, 6) is -0.120. The summed E-state index contributed by atoms with van der Waals surface area (Å²) in [6.07, 6.45) is 2.71. The third-order valence-corrected chi connectivity index (χ3v) is 3.38. The lowest BCUT2D eigenvalue weighted by atomic mass is 9.96. The maximum Gasteiger partial charge on any atom is 0.323 e. The van der Waals surface area contributed by atoms with Crippen LogP contribution in [0.25, 0.3) is 0 Å².